The summed E-state index contributed by atoms with van der Waals surface area (Å²) in [5.74, 6) is 4.87. The molecule has 1 aliphatic heterocycles. The predicted octanol–water partition coefficient (Wildman–Crippen LogP) is -2.87. The van der Waals surface area contributed by atoms with Crippen LogP contribution in [-0.2, 0) is 9.53 Å². The minimum absolute atomic E-state index is 0.00143. The molecular weight excluding hydrogens is 306 g/mol. The average Bonchev–Trinajstić information content (AvgIpc) is 2.82. The average molecular weight is 331 g/mol. The van der Waals surface area contributed by atoms with Gasteiger partial charge in [0.1, 0.15) is 24.0 Å². The summed E-state index contributed by atoms with van der Waals surface area (Å²) in [5.41, 5.74) is 11.8. The Bertz CT molecular complexity index is 495. The smallest absolute Gasteiger partial charge is 0.290 e. The quantitative estimate of drug-likeness (QED) is 0.130. The largest absolute Gasteiger partial charge is 0.400 e. The molecule has 0 aliphatic carbocycles. The van der Waals surface area contributed by atoms with Crippen LogP contribution >= 0.6 is 0 Å². The van der Waals surface area contributed by atoms with Crippen LogP contribution in [0.15, 0.2) is 16.4 Å². The van der Waals surface area contributed by atoms with E-state index in [0.29, 0.717) is 17.1 Å². The fraction of sp³-hybridized carbons (Fsp3) is 0.692. The number of aliphatic hydroxyl groups is 3. The molecule has 4 atom stereocenters. The highest BCUT2D eigenvalue weighted by Crippen LogP contribution is 2.23. The van der Waals surface area contributed by atoms with E-state index in [9.17, 15) is 15.0 Å². The van der Waals surface area contributed by atoms with Gasteiger partial charge in [0.05, 0.1) is 12.3 Å². The topological polar surface area (TPSA) is 181 Å². The number of carbonyl (C=O) groups excluding carboxylic acids is 1. The van der Waals surface area contributed by atoms with Crippen molar-refractivity contribution in [3.05, 3.63) is 11.4 Å². The molecule has 1 aliphatic rings. The minimum atomic E-state index is -1.47. The van der Waals surface area contributed by atoms with E-state index in [0.717, 1.165) is 6.42 Å². The van der Waals surface area contributed by atoms with Crippen molar-refractivity contribution in [3.8, 4) is 0 Å². The summed E-state index contributed by atoms with van der Waals surface area (Å²) < 4.78 is 5.19. The summed E-state index contributed by atoms with van der Waals surface area (Å²) in [4.78, 5) is 16.2. The first-order chi connectivity index (χ1) is 10.8. The fourth-order valence-corrected chi connectivity index (χ4v) is 2.24. The minimum Gasteiger partial charge on any atom is -0.400 e. The molecule has 9 N–H and O–H groups in total. The maximum absolute atomic E-state index is 12.4. The number of hydrogen-bond acceptors (Lipinski definition) is 9. The molecule has 0 bridgehead atoms. The first-order valence-corrected chi connectivity index (χ1v) is 7.22. The Hall–Kier alpha value is -1.72. The van der Waals surface area contributed by atoms with E-state index < -0.39 is 37.1 Å². The second kappa shape index (κ2) is 8.22. The molecule has 4 unspecified atom stereocenters. The van der Waals surface area contributed by atoms with E-state index in [1.54, 1.807) is 0 Å². The SMILES string of the molecule is CCC/C(N)=C(\N)C(=NC)C(=O)N(N)C1OC(CO)C(O)C1O. The molecule has 1 rings (SSSR count). The molecule has 1 amide bonds. The first kappa shape index (κ1) is 19.3. The van der Waals surface area contributed by atoms with Crippen LogP contribution in [0.25, 0.3) is 0 Å². The molecule has 132 valence electrons. The van der Waals surface area contributed by atoms with Crippen LogP contribution in [0, 0.1) is 0 Å². The number of nitrogens with two attached hydrogens (primary N) is 3. The van der Waals surface area contributed by atoms with Crippen molar-refractivity contribution in [2.75, 3.05) is 13.7 Å². The van der Waals surface area contributed by atoms with Crippen molar-refractivity contribution in [2.24, 2.45) is 22.3 Å². The highest BCUT2D eigenvalue weighted by molar-refractivity contribution is 6.45. The van der Waals surface area contributed by atoms with Crippen LogP contribution in [0.5, 0.6) is 0 Å². The van der Waals surface area contributed by atoms with Crippen LogP contribution in [-0.4, -0.2) is 70.1 Å². The molecule has 1 fully saturated rings. The van der Waals surface area contributed by atoms with Crippen molar-refractivity contribution in [1.29, 1.82) is 0 Å². The number of aliphatic hydroxyl groups excluding tert-OH is 3. The third-order valence-corrected chi connectivity index (χ3v) is 3.57. The number of rotatable bonds is 6. The van der Waals surface area contributed by atoms with Crippen LogP contribution in [0.4, 0.5) is 0 Å². The van der Waals surface area contributed by atoms with Gasteiger partial charge < -0.3 is 31.5 Å². The maximum atomic E-state index is 12.4. The molecule has 0 radical (unpaired) electrons. The number of hydrazine groups is 1. The number of amides is 1. The van der Waals surface area contributed by atoms with Gasteiger partial charge in [-0.3, -0.25) is 9.79 Å². The fourth-order valence-electron chi connectivity index (χ4n) is 2.24. The Morgan fingerprint density at radius 3 is 2.35 bits per heavy atom. The second-order valence-corrected chi connectivity index (χ2v) is 5.20. The summed E-state index contributed by atoms with van der Waals surface area (Å²) in [7, 11) is 1.35. The van der Waals surface area contributed by atoms with Crippen molar-refractivity contribution in [3.63, 3.8) is 0 Å². The number of hydrogen-bond donors (Lipinski definition) is 6. The summed E-state index contributed by atoms with van der Waals surface area (Å²) in [6.07, 6.45) is -4.02. The van der Waals surface area contributed by atoms with Crippen molar-refractivity contribution < 1.29 is 24.9 Å². The molecule has 10 heteroatoms. The van der Waals surface area contributed by atoms with Crippen molar-refractivity contribution in [1.82, 2.24) is 5.01 Å². The molecule has 1 saturated heterocycles. The van der Waals surface area contributed by atoms with E-state index in [2.05, 4.69) is 4.99 Å². The van der Waals surface area contributed by atoms with Crippen LogP contribution in [0.3, 0.4) is 0 Å². The lowest BCUT2D eigenvalue weighted by molar-refractivity contribution is -0.146. The Morgan fingerprint density at radius 2 is 1.91 bits per heavy atom. The van der Waals surface area contributed by atoms with E-state index >= 15 is 0 Å². The second-order valence-electron chi connectivity index (χ2n) is 5.20. The molecule has 0 aromatic rings. The van der Waals surface area contributed by atoms with Gasteiger partial charge >= 0.3 is 0 Å². The number of aliphatic imine (C=N–C) groups is 1. The van der Waals surface area contributed by atoms with Gasteiger partial charge in [0, 0.05) is 12.7 Å². The Kier molecular flexibility index (Phi) is 6.91. The maximum Gasteiger partial charge on any atom is 0.290 e. The molecule has 23 heavy (non-hydrogen) atoms. The highest BCUT2D eigenvalue weighted by Gasteiger charge is 2.46. The summed E-state index contributed by atoms with van der Waals surface area (Å²) >= 11 is 0. The third-order valence-electron chi connectivity index (χ3n) is 3.57. The number of nitrogens with zero attached hydrogens (tertiary/aromatic N) is 2. The van der Waals surface area contributed by atoms with Gasteiger partial charge in [0.15, 0.2) is 6.23 Å². The lowest BCUT2D eigenvalue weighted by Crippen LogP contribution is -2.54. The molecule has 0 spiro atoms. The lowest BCUT2D eigenvalue weighted by atomic mass is 10.1. The summed E-state index contributed by atoms with van der Waals surface area (Å²) in [5, 5.41) is 29.2. The van der Waals surface area contributed by atoms with Gasteiger partial charge in [-0.05, 0) is 6.42 Å². The number of ether oxygens (including phenoxy) is 1. The van der Waals surface area contributed by atoms with Crippen LogP contribution < -0.4 is 17.3 Å². The standard InChI is InChI=1S/C13H25N5O5/c1-3-4-6(14)8(15)9(17-2)12(22)18(16)13-11(21)10(20)7(5-19)23-13/h7,10-11,13,19-21H,3-5,14-16H2,1-2H3/b8-6+,17-9?. The zero-order chi connectivity index (χ0) is 17.7. The van der Waals surface area contributed by atoms with Crippen LogP contribution in [0.1, 0.15) is 19.8 Å². The van der Waals surface area contributed by atoms with Crippen LogP contribution in [0.2, 0.25) is 0 Å². The predicted molar refractivity (Wildman–Crippen MR) is 82.5 cm³/mol. The Labute approximate surface area is 134 Å². The molecule has 1 heterocycles. The normalized spacial score (nSPS) is 29.4. The Morgan fingerprint density at radius 1 is 1.30 bits per heavy atom. The Balaban J connectivity index is 2.97. The van der Waals surface area contributed by atoms with Gasteiger partial charge in [-0.1, -0.05) is 13.3 Å². The highest BCUT2D eigenvalue weighted by atomic mass is 16.6. The number of carbonyl (C=O) groups is 1. The molecule has 10 nitrogen and oxygen atoms in total. The van der Waals surface area contributed by atoms with Gasteiger partial charge in [-0.25, -0.2) is 10.9 Å². The van der Waals surface area contributed by atoms with Crippen molar-refractivity contribution >= 4 is 11.6 Å². The van der Waals surface area contributed by atoms with Gasteiger partial charge in [-0.2, -0.15) is 0 Å². The van der Waals surface area contributed by atoms with Gasteiger partial charge in [0.25, 0.3) is 5.91 Å². The number of allylic oxidation sites excluding steroid dienone is 1. The monoisotopic (exact) mass is 331 g/mol. The summed E-state index contributed by atoms with van der Waals surface area (Å²) in [6.45, 7) is 1.37. The van der Waals surface area contributed by atoms with E-state index in [-0.39, 0.29) is 11.4 Å². The van der Waals surface area contributed by atoms with E-state index in [1.165, 1.54) is 7.05 Å². The lowest BCUT2D eigenvalue weighted by Gasteiger charge is -2.26. The molecular formula is C13H25N5O5. The third kappa shape index (κ3) is 3.98. The van der Waals surface area contributed by atoms with E-state index in [1.807, 2.05) is 6.92 Å². The molecule has 0 aromatic carbocycles. The molecule has 0 aromatic heterocycles. The van der Waals surface area contributed by atoms with Crippen molar-refractivity contribution in [2.45, 2.75) is 44.3 Å². The summed E-state index contributed by atoms with van der Waals surface area (Å²) in [6, 6.07) is 0. The zero-order valence-electron chi connectivity index (χ0n) is 13.2. The van der Waals surface area contributed by atoms with Gasteiger partial charge in [-0.15, -0.1) is 0 Å². The first-order valence-electron chi connectivity index (χ1n) is 7.22. The molecule has 0 saturated carbocycles. The van der Waals surface area contributed by atoms with Gasteiger partial charge in [0.2, 0.25) is 0 Å². The van der Waals surface area contributed by atoms with E-state index in [4.69, 9.17) is 27.2 Å². The zero-order valence-corrected chi connectivity index (χ0v) is 13.2.